The average Bonchev–Trinajstić information content (AvgIpc) is 2.89. The maximum absolute atomic E-state index is 12.8. The third kappa shape index (κ3) is 3.08. The van der Waals surface area contributed by atoms with E-state index in [1.165, 1.54) is 0 Å². The first-order chi connectivity index (χ1) is 11.2. The minimum Gasteiger partial charge on any atom is -0.383 e. The van der Waals surface area contributed by atoms with Crippen molar-refractivity contribution in [3.8, 4) is 0 Å². The topological polar surface area (TPSA) is 62.7 Å². The van der Waals surface area contributed by atoms with Crippen molar-refractivity contribution in [1.82, 2.24) is 14.8 Å². The molecule has 1 spiro atoms. The van der Waals surface area contributed by atoms with Crippen LogP contribution in [0.4, 0.5) is 0 Å². The van der Waals surface area contributed by atoms with Gasteiger partial charge in [0.1, 0.15) is 0 Å². The van der Waals surface area contributed by atoms with Gasteiger partial charge >= 0.3 is 0 Å². The number of piperidine rings is 1. The van der Waals surface area contributed by atoms with E-state index < -0.39 is 5.41 Å². The number of rotatable bonds is 4. The molecular formula is C17H23N3O3. The van der Waals surface area contributed by atoms with Crippen LogP contribution in [0.3, 0.4) is 0 Å². The van der Waals surface area contributed by atoms with Gasteiger partial charge in [0.25, 0.3) is 5.91 Å². The molecule has 124 valence electrons. The van der Waals surface area contributed by atoms with Crippen LogP contribution < -0.4 is 0 Å². The summed E-state index contributed by atoms with van der Waals surface area (Å²) in [5.74, 6) is 0.177. The molecule has 2 amide bonds. The van der Waals surface area contributed by atoms with E-state index in [4.69, 9.17) is 4.74 Å². The number of carbonyl (C=O) groups excluding carboxylic acids is 2. The molecule has 2 aliphatic rings. The Bertz CT molecular complexity index is 578. The summed E-state index contributed by atoms with van der Waals surface area (Å²) in [6.07, 6.45) is 5.83. The predicted molar refractivity (Wildman–Crippen MR) is 84.9 cm³/mol. The Hall–Kier alpha value is -1.95. The Kier molecular flexibility index (Phi) is 4.61. The highest BCUT2D eigenvalue weighted by Gasteiger charge is 2.49. The molecule has 1 unspecified atom stereocenters. The number of amides is 2. The molecule has 0 radical (unpaired) electrons. The molecule has 2 fully saturated rings. The maximum Gasteiger partial charge on any atom is 0.253 e. The van der Waals surface area contributed by atoms with Crippen molar-refractivity contribution in [3.05, 3.63) is 30.1 Å². The van der Waals surface area contributed by atoms with E-state index in [-0.39, 0.29) is 11.8 Å². The van der Waals surface area contributed by atoms with E-state index in [9.17, 15) is 9.59 Å². The van der Waals surface area contributed by atoms with E-state index in [2.05, 4.69) is 4.98 Å². The molecular weight excluding hydrogens is 294 g/mol. The Morgan fingerprint density at radius 3 is 2.83 bits per heavy atom. The van der Waals surface area contributed by atoms with Gasteiger partial charge in [0, 0.05) is 51.2 Å². The van der Waals surface area contributed by atoms with E-state index in [1.807, 2.05) is 9.80 Å². The number of pyridine rings is 1. The number of nitrogens with zero attached hydrogens (tertiary/aromatic N) is 3. The van der Waals surface area contributed by atoms with Crippen LogP contribution in [0.1, 0.15) is 29.6 Å². The largest absolute Gasteiger partial charge is 0.383 e. The molecule has 2 aliphatic heterocycles. The molecule has 3 heterocycles. The van der Waals surface area contributed by atoms with Crippen LogP contribution in [0, 0.1) is 5.41 Å². The van der Waals surface area contributed by atoms with Crippen molar-refractivity contribution >= 4 is 11.8 Å². The SMILES string of the molecule is COCCN1CCC2(CCCN(C(=O)c3ccncc3)C2)C1=O. The normalized spacial score (nSPS) is 24.5. The van der Waals surface area contributed by atoms with Crippen molar-refractivity contribution in [2.24, 2.45) is 5.41 Å². The van der Waals surface area contributed by atoms with Gasteiger partial charge in [0.15, 0.2) is 0 Å². The maximum atomic E-state index is 12.8. The molecule has 0 bridgehead atoms. The Morgan fingerprint density at radius 2 is 2.09 bits per heavy atom. The molecule has 3 rings (SSSR count). The van der Waals surface area contributed by atoms with Crippen LogP contribution >= 0.6 is 0 Å². The fourth-order valence-electron chi connectivity index (χ4n) is 3.67. The van der Waals surface area contributed by atoms with Gasteiger partial charge in [-0.05, 0) is 31.4 Å². The van der Waals surface area contributed by atoms with Gasteiger partial charge in [-0.15, -0.1) is 0 Å². The van der Waals surface area contributed by atoms with E-state index in [0.29, 0.717) is 31.8 Å². The third-order valence-electron chi connectivity index (χ3n) is 4.96. The van der Waals surface area contributed by atoms with Crippen molar-refractivity contribution in [2.45, 2.75) is 19.3 Å². The smallest absolute Gasteiger partial charge is 0.253 e. The summed E-state index contributed by atoms with van der Waals surface area (Å²) >= 11 is 0. The van der Waals surface area contributed by atoms with Gasteiger partial charge in [-0.1, -0.05) is 0 Å². The zero-order valence-electron chi connectivity index (χ0n) is 13.5. The minimum atomic E-state index is -0.394. The van der Waals surface area contributed by atoms with Gasteiger partial charge in [-0.3, -0.25) is 14.6 Å². The molecule has 0 aromatic carbocycles. The fraction of sp³-hybridized carbons (Fsp3) is 0.588. The van der Waals surface area contributed by atoms with Crippen LogP contribution in [-0.4, -0.2) is 66.5 Å². The predicted octanol–water partition coefficient (Wildman–Crippen LogP) is 1.18. The lowest BCUT2D eigenvalue weighted by atomic mass is 9.78. The molecule has 6 heteroatoms. The third-order valence-corrected chi connectivity index (χ3v) is 4.96. The summed E-state index contributed by atoms with van der Waals surface area (Å²) in [5, 5.41) is 0. The zero-order valence-corrected chi connectivity index (χ0v) is 13.5. The van der Waals surface area contributed by atoms with Crippen molar-refractivity contribution in [2.75, 3.05) is 39.9 Å². The van der Waals surface area contributed by atoms with E-state index in [1.54, 1.807) is 31.6 Å². The molecule has 2 saturated heterocycles. The molecule has 1 aromatic rings. The highest BCUT2D eigenvalue weighted by Crippen LogP contribution is 2.40. The summed E-state index contributed by atoms with van der Waals surface area (Å²) in [7, 11) is 1.64. The van der Waals surface area contributed by atoms with Crippen molar-refractivity contribution < 1.29 is 14.3 Å². The zero-order chi connectivity index (χ0) is 16.3. The number of carbonyl (C=O) groups is 2. The summed E-state index contributed by atoms with van der Waals surface area (Å²) in [6, 6.07) is 3.45. The molecule has 1 atom stereocenters. The lowest BCUT2D eigenvalue weighted by Crippen LogP contribution is -2.50. The second-order valence-electron chi connectivity index (χ2n) is 6.38. The summed E-state index contributed by atoms with van der Waals surface area (Å²) in [4.78, 5) is 33.1. The standard InChI is InChI=1S/C17H23N3O3/c1-23-12-11-19-10-6-17(16(19)22)5-2-9-20(13-17)15(21)14-3-7-18-8-4-14/h3-4,7-8H,2,5-6,9-13H2,1H3. The Labute approximate surface area is 136 Å². The summed E-state index contributed by atoms with van der Waals surface area (Å²) in [5.41, 5.74) is 0.244. The fourth-order valence-corrected chi connectivity index (χ4v) is 3.67. The number of methoxy groups -OCH3 is 1. The van der Waals surface area contributed by atoms with Gasteiger partial charge in [-0.25, -0.2) is 0 Å². The van der Waals surface area contributed by atoms with Gasteiger partial charge in [-0.2, -0.15) is 0 Å². The molecule has 0 aliphatic carbocycles. The van der Waals surface area contributed by atoms with Crippen molar-refractivity contribution in [3.63, 3.8) is 0 Å². The number of aromatic nitrogens is 1. The van der Waals surface area contributed by atoms with Crippen LogP contribution in [0.15, 0.2) is 24.5 Å². The minimum absolute atomic E-state index is 0.00498. The molecule has 1 aromatic heterocycles. The summed E-state index contributed by atoms with van der Waals surface area (Å²) < 4.78 is 5.08. The monoisotopic (exact) mass is 317 g/mol. The van der Waals surface area contributed by atoms with Gasteiger partial charge in [0.2, 0.25) is 5.91 Å². The summed E-state index contributed by atoms with van der Waals surface area (Å²) in [6.45, 7) is 3.20. The molecule has 23 heavy (non-hydrogen) atoms. The lowest BCUT2D eigenvalue weighted by molar-refractivity contribution is -0.138. The second kappa shape index (κ2) is 6.66. The Morgan fingerprint density at radius 1 is 1.30 bits per heavy atom. The van der Waals surface area contributed by atoms with E-state index in [0.717, 1.165) is 25.8 Å². The van der Waals surface area contributed by atoms with Crippen LogP contribution in [0.5, 0.6) is 0 Å². The van der Waals surface area contributed by atoms with E-state index >= 15 is 0 Å². The highest BCUT2D eigenvalue weighted by molar-refractivity contribution is 5.95. The van der Waals surface area contributed by atoms with Crippen LogP contribution in [0.2, 0.25) is 0 Å². The number of hydrogen-bond donors (Lipinski definition) is 0. The Balaban J connectivity index is 1.71. The number of likely N-dealkylation sites (tertiary alicyclic amines) is 2. The first-order valence-corrected chi connectivity index (χ1v) is 8.14. The molecule has 6 nitrogen and oxygen atoms in total. The van der Waals surface area contributed by atoms with Crippen LogP contribution in [-0.2, 0) is 9.53 Å². The highest BCUT2D eigenvalue weighted by atomic mass is 16.5. The quantitative estimate of drug-likeness (QED) is 0.837. The molecule has 0 saturated carbocycles. The second-order valence-corrected chi connectivity index (χ2v) is 6.38. The van der Waals surface area contributed by atoms with Gasteiger partial charge in [0.05, 0.1) is 12.0 Å². The van der Waals surface area contributed by atoms with Crippen molar-refractivity contribution in [1.29, 1.82) is 0 Å². The number of ether oxygens (including phenoxy) is 1. The van der Waals surface area contributed by atoms with Gasteiger partial charge < -0.3 is 14.5 Å². The first-order valence-electron chi connectivity index (χ1n) is 8.14. The lowest BCUT2D eigenvalue weighted by Gasteiger charge is -2.39. The average molecular weight is 317 g/mol. The van der Waals surface area contributed by atoms with Crippen LogP contribution in [0.25, 0.3) is 0 Å². The number of hydrogen-bond acceptors (Lipinski definition) is 4. The first kappa shape index (κ1) is 15.9. The molecule has 0 N–H and O–H groups in total.